The molecule has 2 heterocycles. The molecule has 0 atom stereocenters. The van der Waals surface area contributed by atoms with E-state index in [1.807, 2.05) is 37.9 Å². The Labute approximate surface area is 171 Å². The number of carbonyl (C=O) groups excluding carboxylic acids is 1. The highest BCUT2D eigenvalue weighted by molar-refractivity contribution is 7.14. The van der Waals surface area contributed by atoms with Crippen LogP contribution < -0.4 is 5.32 Å². The number of hydrogen-bond acceptors (Lipinski definition) is 3. The second-order valence-electron chi connectivity index (χ2n) is 8.69. The van der Waals surface area contributed by atoms with Gasteiger partial charge in [0.2, 0.25) is 0 Å². The molecule has 0 unspecified atom stereocenters. The summed E-state index contributed by atoms with van der Waals surface area (Å²) >= 11 is 1.62. The summed E-state index contributed by atoms with van der Waals surface area (Å²) in [4.78, 5) is 19.1. The van der Waals surface area contributed by atoms with E-state index in [4.69, 9.17) is 0 Å². The van der Waals surface area contributed by atoms with Gasteiger partial charge in [0.05, 0.1) is 11.2 Å². The molecule has 0 spiro atoms. The van der Waals surface area contributed by atoms with Crippen LogP contribution in [-0.4, -0.2) is 21.0 Å². The molecule has 0 aliphatic rings. The van der Waals surface area contributed by atoms with Crippen LogP contribution in [0.25, 0.3) is 11.1 Å². The smallest absolute Gasteiger partial charge is 0.262 e. The molecular weight excluding hydrogens is 366 g/mol. The van der Waals surface area contributed by atoms with Crippen molar-refractivity contribution >= 4 is 17.2 Å². The number of amides is 1. The highest BCUT2D eigenvalue weighted by Gasteiger charge is 2.22. The monoisotopic (exact) mass is 395 g/mol. The van der Waals surface area contributed by atoms with E-state index in [1.54, 1.807) is 17.5 Å². The van der Waals surface area contributed by atoms with E-state index in [0.29, 0.717) is 5.92 Å². The summed E-state index contributed by atoms with van der Waals surface area (Å²) in [5.74, 6) is 0.563. The zero-order chi connectivity index (χ0) is 20.3. The van der Waals surface area contributed by atoms with Crippen molar-refractivity contribution in [3.8, 4) is 11.1 Å². The summed E-state index contributed by atoms with van der Waals surface area (Å²) in [5, 5.41) is 3.11. The summed E-state index contributed by atoms with van der Waals surface area (Å²) in [5.41, 5.74) is 3.06. The predicted octanol–water partition coefficient (Wildman–Crippen LogP) is 5.39. The van der Waals surface area contributed by atoms with Gasteiger partial charge in [0, 0.05) is 34.9 Å². The maximum atomic E-state index is 12.9. The molecule has 5 heteroatoms. The first-order chi connectivity index (χ1) is 13.2. The van der Waals surface area contributed by atoms with Crippen LogP contribution in [0.2, 0.25) is 0 Å². The standard InChI is InChI=1S/C23H29N3OS/c1-16(2)12-19-13-20(21(28-19)22(27)25-23(3,4)5)18-8-6-17(7-9-18)14-26-11-10-24-15-26/h6-11,13,15-16H,12,14H2,1-5H3,(H,25,27). The minimum Gasteiger partial charge on any atom is -0.347 e. The van der Waals surface area contributed by atoms with Crippen LogP contribution in [0.3, 0.4) is 0 Å². The zero-order valence-corrected chi connectivity index (χ0v) is 18.1. The van der Waals surface area contributed by atoms with E-state index < -0.39 is 0 Å². The molecule has 28 heavy (non-hydrogen) atoms. The van der Waals surface area contributed by atoms with E-state index in [9.17, 15) is 4.79 Å². The maximum absolute atomic E-state index is 12.9. The number of hydrogen-bond donors (Lipinski definition) is 1. The van der Waals surface area contributed by atoms with Crippen LogP contribution >= 0.6 is 11.3 Å². The lowest BCUT2D eigenvalue weighted by molar-refractivity contribution is 0.0924. The number of imidazole rings is 1. The second-order valence-corrected chi connectivity index (χ2v) is 9.83. The average molecular weight is 396 g/mol. The van der Waals surface area contributed by atoms with Crippen LogP contribution in [0.5, 0.6) is 0 Å². The van der Waals surface area contributed by atoms with Crippen LogP contribution in [-0.2, 0) is 13.0 Å². The predicted molar refractivity (Wildman–Crippen MR) is 117 cm³/mol. The molecule has 2 aromatic heterocycles. The molecule has 1 amide bonds. The lowest BCUT2D eigenvalue weighted by Gasteiger charge is -2.20. The van der Waals surface area contributed by atoms with E-state index in [-0.39, 0.29) is 11.4 Å². The number of thiophene rings is 1. The molecular formula is C23H29N3OS. The largest absolute Gasteiger partial charge is 0.347 e. The Kier molecular flexibility index (Phi) is 6.04. The summed E-state index contributed by atoms with van der Waals surface area (Å²) in [6.07, 6.45) is 6.55. The molecule has 0 fully saturated rings. The van der Waals surface area contributed by atoms with Crippen molar-refractivity contribution < 1.29 is 4.79 Å². The third-order valence-corrected chi connectivity index (χ3v) is 5.43. The summed E-state index contributed by atoms with van der Waals surface area (Å²) in [6, 6.07) is 10.7. The molecule has 0 saturated carbocycles. The average Bonchev–Trinajstić information content (AvgIpc) is 3.23. The Morgan fingerprint density at radius 1 is 1.21 bits per heavy atom. The fraction of sp³-hybridized carbons (Fsp3) is 0.391. The molecule has 0 aliphatic carbocycles. The van der Waals surface area contributed by atoms with Gasteiger partial charge in [-0.2, -0.15) is 0 Å². The lowest BCUT2D eigenvalue weighted by Crippen LogP contribution is -2.40. The van der Waals surface area contributed by atoms with Gasteiger partial charge in [0.1, 0.15) is 0 Å². The SMILES string of the molecule is CC(C)Cc1cc(-c2ccc(Cn3ccnc3)cc2)c(C(=O)NC(C)(C)C)s1. The molecule has 4 nitrogen and oxygen atoms in total. The third-order valence-electron chi connectivity index (χ3n) is 4.28. The Balaban J connectivity index is 1.90. The molecule has 148 valence electrons. The summed E-state index contributed by atoms with van der Waals surface area (Å²) in [6.45, 7) is 11.2. The summed E-state index contributed by atoms with van der Waals surface area (Å²) in [7, 11) is 0. The van der Waals surface area contributed by atoms with Crippen molar-refractivity contribution in [3.63, 3.8) is 0 Å². The Bertz CT molecular complexity index is 916. The Hall–Kier alpha value is -2.40. The van der Waals surface area contributed by atoms with Crippen LogP contribution in [0.4, 0.5) is 0 Å². The number of rotatable bonds is 6. The highest BCUT2D eigenvalue weighted by Crippen LogP contribution is 2.33. The summed E-state index contributed by atoms with van der Waals surface area (Å²) < 4.78 is 2.04. The quantitative estimate of drug-likeness (QED) is 0.608. The second kappa shape index (κ2) is 8.31. The number of nitrogens with zero attached hydrogens (tertiary/aromatic N) is 2. The van der Waals surface area contributed by atoms with Gasteiger partial charge in [-0.05, 0) is 50.3 Å². The van der Waals surface area contributed by atoms with Crippen LogP contribution in [0.1, 0.15) is 54.7 Å². The highest BCUT2D eigenvalue weighted by atomic mass is 32.1. The maximum Gasteiger partial charge on any atom is 0.262 e. The topological polar surface area (TPSA) is 46.9 Å². The molecule has 1 N–H and O–H groups in total. The third kappa shape index (κ3) is 5.32. The van der Waals surface area contributed by atoms with Gasteiger partial charge in [0.25, 0.3) is 5.91 Å². The minimum absolute atomic E-state index is 0.00463. The van der Waals surface area contributed by atoms with E-state index >= 15 is 0 Å². The zero-order valence-electron chi connectivity index (χ0n) is 17.3. The first kappa shape index (κ1) is 20.3. The van der Waals surface area contributed by atoms with Gasteiger partial charge in [-0.15, -0.1) is 11.3 Å². The first-order valence-electron chi connectivity index (χ1n) is 9.71. The fourth-order valence-electron chi connectivity index (χ4n) is 3.11. The van der Waals surface area contributed by atoms with Crippen molar-refractivity contribution in [2.45, 2.75) is 53.1 Å². The van der Waals surface area contributed by atoms with Crippen molar-refractivity contribution in [1.29, 1.82) is 0 Å². The van der Waals surface area contributed by atoms with Gasteiger partial charge < -0.3 is 9.88 Å². The van der Waals surface area contributed by atoms with Crippen molar-refractivity contribution in [2.75, 3.05) is 0 Å². The number of carbonyl (C=O) groups is 1. The first-order valence-corrected chi connectivity index (χ1v) is 10.5. The van der Waals surface area contributed by atoms with Crippen LogP contribution in [0.15, 0.2) is 49.1 Å². The van der Waals surface area contributed by atoms with Gasteiger partial charge in [-0.1, -0.05) is 38.1 Å². The lowest BCUT2D eigenvalue weighted by atomic mass is 10.0. The van der Waals surface area contributed by atoms with E-state index in [0.717, 1.165) is 29.0 Å². The van der Waals surface area contributed by atoms with Crippen LogP contribution in [0, 0.1) is 5.92 Å². The molecule has 0 bridgehead atoms. The molecule has 0 saturated heterocycles. The molecule has 0 aliphatic heterocycles. The van der Waals surface area contributed by atoms with Gasteiger partial charge in [-0.25, -0.2) is 4.98 Å². The fourth-order valence-corrected chi connectivity index (χ4v) is 4.39. The van der Waals surface area contributed by atoms with E-state index in [2.05, 4.69) is 54.5 Å². The minimum atomic E-state index is -0.259. The molecule has 1 aromatic carbocycles. The number of nitrogens with one attached hydrogen (secondary N) is 1. The Morgan fingerprint density at radius 3 is 2.50 bits per heavy atom. The van der Waals surface area contributed by atoms with Crippen molar-refractivity contribution in [2.24, 2.45) is 5.92 Å². The molecule has 3 aromatic rings. The van der Waals surface area contributed by atoms with Gasteiger partial charge >= 0.3 is 0 Å². The normalized spacial score (nSPS) is 11.8. The number of aromatic nitrogens is 2. The van der Waals surface area contributed by atoms with Crippen molar-refractivity contribution in [1.82, 2.24) is 14.9 Å². The Morgan fingerprint density at radius 2 is 1.93 bits per heavy atom. The van der Waals surface area contributed by atoms with Gasteiger partial charge in [-0.3, -0.25) is 4.79 Å². The van der Waals surface area contributed by atoms with Crippen molar-refractivity contribution in [3.05, 3.63) is 64.4 Å². The molecule has 0 radical (unpaired) electrons. The molecule has 3 rings (SSSR count). The van der Waals surface area contributed by atoms with E-state index in [1.165, 1.54) is 10.4 Å². The number of benzene rings is 1. The van der Waals surface area contributed by atoms with Gasteiger partial charge in [0.15, 0.2) is 0 Å².